The third-order valence-electron chi connectivity index (χ3n) is 7.26. The maximum Gasteiger partial charge on any atom is 0.239 e. The number of Topliss-reactive ketones (excluding diaryl/α,β-unsaturated/α-hetero) is 1. The number of amides is 2. The van der Waals surface area contributed by atoms with Crippen molar-refractivity contribution in [2.24, 2.45) is 11.8 Å². The quantitative estimate of drug-likeness (QED) is 0.600. The zero-order valence-corrected chi connectivity index (χ0v) is 16.7. The lowest BCUT2D eigenvalue weighted by molar-refractivity contribution is -0.132. The predicted molar refractivity (Wildman–Crippen MR) is 112 cm³/mol. The molecule has 7 rings (SSSR count). The van der Waals surface area contributed by atoms with Crippen LogP contribution >= 0.6 is 0 Å². The van der Waals surface area contributed by atoms with Crippen molar-refractivity contribution in [3.8, 4) is 0 Å². The summed E-state index contributed by atoms with van der Waals surface area (Å²) in [4.78, 5) is 42.1. The highest BCUT2D eigenvalue weighted by molar-refractivity contribution is 6.25. The summed E-state index contributed by atoms with van der Waals surface area (Å²) in [6.07, 6.45) is 0. The van der Waals surface area contributed by atoms with Gasteiger partial charge in [0.1, 0.15) is 11.6 Å². The Kier molecular flexibility index (Phi) is 3.51. The third-order valence-corrected chi connectivity index (χ3v) is 7.26. The Bertz CT molecular complexity index is 1250. The first kappa shape index (κ1) is 18.2. The largest absolute Gasteiger partial charge is 0.299 e. The average molecular weight is 411 g/mol. The van der Waals surface area contributed by atoms with E-state index in [4.69, 9.17) is 0 Å². The molecule has 1 heterocycles. The topological polar surface area (TPSA) is 54.5 Å². The molecule has 31 heavy (non-hydrogen) atoms. The van der Waals surface area contributed by atoms with Crippen molar-refractivity contribution in [2.45, 2.75) is 18.3 Å². The van der Waals surface area contributed by atoms with Gasteiger partial charge >= 0.3 is 0 Å². The number of hydrogen-bond donors (Lipinski definition) is 0. The molecular weight excluding hydrogens is 393 g/mol. The molecule has 5 heteroatoms. The number of hydrogen-bond acceptors (Lipinski definition) is 3. The summed E-state index contributed by atoms with van der Waals surface area (Å²) in [5.41, 5.74) is 2.61. The van der Waals surface area contributed by atoms with Crippen LogP contribution in [0.25, 0.3) is 0 Å². The summed E-state index contributed by atoms with van der Waals surface area (Å²) in [7, 11) is 0. The van der Waals surface area contributed by atoms with Crippen LogP contribution in [-0.2, 0) is 19.8 Å². The summed E-state index contributed by atoms with van der Waals surface area (Å²) < 4.78 is 13.5. The van der Waals surface area contributed by atoms with Crippen LogP contribution in [0, 0.1) is 17.7 Å². The van der Waals surface area contributed by atoms with Crippen molar-refractivity contribution in [1.29, 1.82) is 0 Å². The Balaban J connectivity index is 1.67. The van der Waals surface area contributed by atoms with Crippen LogP contribution in [0.5, 0.6) is 0 Å². The van der Waals surface area contributed by atoms with E-state index in [1.54, 1.807) is 0 Å². The predicted octanol–water partition coefficient (Wildman–Crippen LogP) is 3.97. The molecule has 152 valence electrons. The summed E-state index contributed by atoms with van der Waals surface area (Å²) >= 11 is 0. The van der Waals surface area contributed by atoms with Gasteiger partial charge in [0.05, 0.1) is 22.9 Å². The molecule has 2 amide bonds. The van der Waals surface area contributed by atoms with Crippen LogP contribution in [0.4, 0.5) is 10.1 Å². The van der Waals surface area contributed by atoms with Gasteiger partial charge < -0.3 is 0 Å². The Hall–Kier alpha value is -3.60. The minimum absolute atomic E-state index is 0.150. The molecule has 1 saturated heterocycles. The number of nitrogens with zero attached hydrogens (tertiary/aromatic N) is 1. The lowest BCUT2D eigenvalue weighted by Crippen LogP contribution is -2.57. The van der Waals surface area contributed by atoms with Crippen LogP contribution in [0.1, 0.15) is 35.1 Å². The van der Waals surface area contributed by atoms with Crippen molar-refractivity contribution in [1.82, 2.24) is 0 Å². The molecule has 1 aliphatic heterocycles. The van der Waals surface area contributed by atoms with Crippen LogP contribution in [-0.4, -0.2) is 17.6 Å². The van der Waals surface area contributed by atoms with E-state index in [0.717, 1.165) is 27.2 Å². The lowest BCUT2D eigenvalue weighted by Gasteiger charge is -2.52. The molecule has 4 nitrogen and oxygen atoms in total. The van der Waals surface area contributed by atoms with Gasteiger partial charge in [0.25, 0.3) is 0 Å². The molecule has 2 atom stereocenters. The van der Waals surface area contributed by atoms with Crippen LogP contribution in [0.15, 0.2) is 72.8 Å². The number of carbonyl (C=O) groups excluding carboxylic acids is 3. The highest BCUT2D eigenvalue weighted by Crippen LogP contribution is 2.64. The molecule has 0 N–H and O–H groups in total. The maximum absolute atomic E-state index is 13.8. The molecule has 0 saturated carbocycles. The van der Waals surface area contributed by atoms with Gasteiger partial charge in [-0.1, -0.05) is 48.5 Å². The Morgan fingerprint density at radius 3 is 1.94 bits per heavy atom. The molecule has 0 aromatic heterocycles. The van der Waals surface area contributed by atoms with Gasteiger partial charge in [-0.15, -0.1) is 0 Å². The van der Waals surface area contributed by atoms with Gasteiger partial charge in [-0.25, -0.2) is 9.29 Å². The second kappa shape index (κ2) is 5.97. The van der Waals surface area contributed by atoms with E-state index in [9.17, 15) is 18.8 Å². The molecular formula is C26H18FNO3. The van der Waals surface area contributed by atoms with E-state index in [2.05, 4.69) is 0 Å². The van der Waals surface area contributed by atoms with Crippen molar-refractivity contribution >= 4 is 23.3 Å². The molecule has 0 radical (unpaired) electrons. The number of carbonyl (C=O) groups is 3. The Morgan fingerprint density at radius 1 is 0.839 bits per heavy atom. The first-order chi connectivity index (χ1) is 15.0. The number of halogens is 1. The smallest absolute Gasteiger partial charge is 0.239 e. The lowest BCUT2D eigenvalue weighted by atomic mass is 9.46. The van der Waals surface area contributed by atoms with Crippen molar-refractivity contribution in [3.05, 3.63) is 101 Å². The van der Waals surface area contributed by atoms with Crippen molar-refractivity contribution in [2.75, 3.05) is 4.90 Å². The van der Waals surface area contributed by atoms with Crippen LogP contribution < -0.4 is 4.90 Å². The van der Waals surface area contributed by atoms with Crippen molar-refractivity contribution in [3.63, 3.8) is 0 Å². The monoisotopic (exact) mass is 411 g/mol. The third kappa shape index (κ3) is 2.01. The minimum Gasteiger partial charge on any atom is -0.299 e. The van der Waals surface area contributed by atoms with E-state index >= 15 is 0 Å². The first-order valence-corrected chi connectivity index (χ1v) is 10.3. The van der Waals surface area contributed by atoms with Crippen LogP contribution in [0.2, 0.25) is 0 Å². The van der Waals surface area contributed by atoms with Gasteiger partial charge in [0.15, 0.2) is 0 Å². The van der Waals surface area contributed by atoms with Gasteiger partial charge in [-0.05, 0) is 53.4 Å². The number of ketones is 1. The van der Waals surface area contributed by atoms with E-state index in [1.807, 2.05) is 48.5 Å². The van der Waals surface area contributed by atoms with Gasteiger partial charge in [0, 0.05) is 5.92 Å². The number of benzene rings is 3. The zero-order valence-electron chi connectivity index (χ0n) is 16.7. The summed E-state index contributed by atoms with van der Waals surface area (Å²) in [5.74, 6) is -3.13. The molecule has 3 aromatic carbocycles. The standard InChI is InChI=1S/C26H18FNO3/c1-14(29)26-19-8-4-2-6-17(19)21(18-7-3-5-9-20(18)26)22-23(26)25(31)28(24(22)30)16-12-10-15(27)11-13-16/h2-13,21-23H,1H3. The summed E-state index contributed by atoms with van der Waals surface area (Å²) in [5, 5.41) is 0. The molecule has 2 unspecified atom stereocenters. The fourth-order valence-corrected chi connectivity index (χ4v) is 6.21. The SMILES string of the molecule is CC(=O)C12c3ccccc3C(c3ccccc31)C1C(=O)N(c3ccc(F)cc3)C(=O)C12. The highest BCUT2D eigenvalue weighted by atomic mass is 19.1. The van der Waals surface area contributed by atoms with Crippen LogP contribution in [0.3, 0.4) is 0 Å². The summed E-state index contributed by atoms with van der Waals surface area (Å²) in [6, 6.07) is 20.6. The van der Waals surface area contributed by atoms with Crippen molar-refractivity contribution < 1.29 is 18.8 Å². The molecule has 2 bridgehead atoms. The Morgan fingerprint density at radius 2 is 1.39 bits per heavy atom. The molecule has 1 fully saturated rings. The fourth-order valence-electron chi connectivity index (χ4n) is 6.21. The van der Waals surface area contributed by atoms with Gasteiger partial charge in [0.2, 0.25) is 11.8 Å². The number of rotatable bonds is 2. The average Bonchev–Trinajstić information content (AvgIpc) is 3.05. The number of imide groups is 1. The van der Waals surface area contributed by atoms with E-state index in [-0.39, 0.29) is 17.6 Å². The van der Waals surface area contributed by atoms with Gasteiger partial charge in [-0.3, -0.25) is 14.4 Å². The zero-order chi connectivity index (χ0) is 21.5. The van der Waals surface area contributed by atoms with Gasteiger partial charge in [-0.2, -0.15) is 0 Å². The summed E-state index contributed by atoms with van der Waals surface area (Å²) in [6.45, 7) is 1.51. The fraction of sp³-hybridized carbons (Fsp3) is 0.192. The second-order valence-electron chi connectivity index (χ2n) is 8.51. The second-order valence-corrected chi connectivity index (χ2v) is 8.51. The molecule has 4 aliphatic rings. The first-order valence-electron chi connectivity index (χ1n) is 10.3. The van der Waals surface area contributed by atoms with E-state index in [0.29, 0.717) is 5.69 Å². The van der Waals surface area contributed by atoms with E-state index < -0.39 is 29.0 Å². The molecule has 3 aromatic rings. The molecule has 3 aliphatic carbocycles. The number of anilines is 1. The highest BCUT2D eigenvalue weighted by Gasteiger charge is 2.69. The maximum atomic E-state index is 13.8. The molecule has 0 spiro atoms. The minimum atomic E-state index is -1.21. The van der Waals surface area contributed by atoms with E-state index in [1.165, 1.54) is 31.2 Å². The Labute approximate surface area is 178 Å². The normalized spacial score (nSPS) is 27.7.